The van der Waals surface area contributed by atoms with Gasteiger partial charge in [0.25, 0.3) is 0 Å². The molecule has 0 saturated heterocycles. The summed E-state index contributed by atoms with van der Waals surface area (Å²) < 4.78 is 26.5. The van der Waals surface area contributed by atoms with E-state index >= 15 is 0 Å². The molecule has 3 aromatic rings. The monoisotopic (exact) mass is 425 g/mol. The number of anilines is 2. The molecule has 158 valence electrons. The fraction of sp³-hybridized carbons (Fsp3) is 0.261. The van der Waals surface area contributed by atoms with Gasteiger partial charge in [-0.2, -0.15) is 4.31 Å². The van der Waals surface area contributed by atoms with Crippen molar-refractivity contribution in [2.75, 3.05) is 36.9 Å². The number of hydrogen-bond acceptors (Lipinski definition) is 4. The molecule has 1 amide bonds. The van der Waals surface area contributed by atoms with Crippen LogP contribution in [0, 0.1) is 0 Å². The molecule has 7 heteroatoms. The Morgan fingerprint density at radius 3 is 2.17 bits per heavy atom. The molecule has 0 heterocycles. The Bertz CT molecular complexity index is 1120. The molecular formula is C23H27N3O3S. The SMILES string of the molecule is CCN(CC)S(=O)(=O)c1ccc(NC(=O)CN(C)c2ccc3ccccc3c2)cc1. The quantitative estimate of drug-likeness (QED) is 0.593. The van der Waals surface area contributed by atoms with Crippen LogP contribution in [0.5, 0.6) is 0 Å². The fourth-order valence-corrected chi connectivity index (χ4v) is 4.80. The molecule has 0 bridgehead atoms. The van der Waals surface area contributed by atoms with Gasteiger partial charge in [0.05, 0.1) is 11.4 Å². The van der Waals surface area contributed by atoms with Gasteiger partial charge in [0.15, 0.2) is 0 Å². The average molecular weight is 426 g/mol. The highest BCUT2D eigenvalue weighted by Crippen LogP contribution is 2.22. The Morgan fingerprint density at radius 1 is 0.900 bits per heavy atom. The molecule has 1 N–H and O–H groups in total. The maximum absolute atomic E-state index is 12.6. The van der Waals surface area contributed by atoms with Crippen LogP contribution in [0.3, 0.4) is 0 Å². The summed E-state index contributed by atoms with van der Waals surface area (Å²) in [6.45, 7) is 4.62. The van der Waals surface area contributed by atoms with Gasteiger partial charge < -0.3 is 10.2 Å². The zero-order valence-corrected chi connectivity index (χ0v) is 18.3. The minimum atomic E-state index is -3.51. The predicted molar refractivity (Wildman–Crippen MR) is 122 cm³/mol. The van der Waals surface area contributed by atoms with Gasteiger partial charge in [-0.3, -0.25) is 4.79 Å². The van der Waals surface area contributed by atoms with Gasteiger partial charge in [0, 0.05) is 31.5 Å². The Morgan fingerprint density at radius 2 is 1.53 bits per heavy atom. The van der Waals surface area contributed by atoms with Gasteiger partial charge in [-0.05, 0) is 47.2 Å². The van der Waals surface area contributed by atoms with Crippen LogP contribution in [0.4, 0.5) is 11.4 Å². The summed E-state index contributed by atoms with van der Waals surface area (Å²) in [4.78, 5) is 14.6. The van der Waals surface area contributed by atoms with Gasteiger partial charge in [-0.25, -0.2) is 8.42 Å². The molecule has 6 nitrogen and oxygen atoms in total. The Kier molecular flexibility index (Phi) is 6.74. The van der Waals surface area contributed by atoms with E-state index in [1.165, 1.54) is 16.4 Å². The van der Waals surface area contributed by atoms with Crippen LogP contribution >= 0.6 is 0 Å². The number of nitrogens with one attached hydrogen (secondary N) is 1. The lowest BCUT2D eigenvalue weighted by Crippen LogP contribution is -2.31. The molecule has 3 rings (SSSR count). The van der Waals surface area contributed by atoms with Crippen LogP contribution in [0.1, 0.15) is 13.8 Å². The van der Waals surface area contributed by atoms with Gasteiger partial charge in [-0.1, -0.05) is 44.2 Å². The standard InChI is InChI=1S/C23H27N3O3S/c1-4-26(5-2)30(28,29)22-14-11-20(12-15-22)24-23(27)17-25(3)21-13-10-18-8-6-7-9-19(18)16-21/h6-16H,4-5,17H2,1-3H3,(H,24,27). The Labute approximate surface area is 178 Å². The molecule has 0 unspecified atom stereocenters. The summed E-state index contributed by atoms with van der Waals surface area (Å²) in [5.74, 6) is -0.176. The van der Waals surface area contributed by atoms with Crippen molar-refractivity contribution in [3.8, 4) is 0 Å². The lowest BCUT2D eigenvalue weighted by atomic mass is 10.1. The molecule has 0 aromatic heterocycles. The minimum absolute atomic E-state index is 0.176. The smallest absolute Gasteiger partial charge is 0.243 e. The van der Waals surface area contributed by atoms with Crippen molar-refractivity contribution in [1.82, 2.24) is 4.31 Å². The van der Waals surface area contributed by atoms with Gasteiger partial charge in [0.2, 0.25) is 15.9 Å². The first-order chi connectivity index (χ1) is 14.3. The van der Waals surface area contributed by atoms with Crippen LogP contribution < -0.4 is 10.2 Å². The Hall–Kier alpha value is -2.90. The van der Waals surface area contributed by atoms with Crippen molar-refractivity contribution in [1.29, 1.82) is 0 Å². The second-order valence-electron chi connectivity index (χ2n) is 7.05. The highest BCUT2D eigenvalue weighted by molar-refractivity contribution is 7.89. The van der Waals surface area contributed by atoms with Crippen molar-refractivity contribution in [3.05, 3.63) is 66.7 Å². The third-order valence-electron chi connectivity index (χ3n) is 5.04. The van der Waals surface area contributed by atoms with Gasteiger partial charge in [0.1, 0.15) is 0 Å². The van der Waals surface area contributed by atoms with E-state index in [-0.39, 0.29) is 17.3 Å². The van der Waals surface area contributed by atoms with Crippen LogP contribution in [-0.4, -0.2) is 45.3 Å². The number of fused-ring (bicyclic) bond motifs is 1. The normalized spacial score (nSPS) is 11.6. The van der Waals surface area contributed by atoms with E-state index in [1.54, 1.807) is 12.1 Å². The van der Waals surface area contributed by atoms with Crippen molar-refractivity contribution >= 4 is 38.1 Å². The molecule has 0 fully saturated rings. The fourth-order valence-electron chi connectivity index (χ4n) is 3.34. The number of nitrogens with zero attached hydrogens (tertiary/aromatic N) is 2. The van der Waals surface area contributed by atoms with Crippen LogP contribution in [0.25, 0.3) is 10.8 Å². The molecule has 0 aliphatic heterocycles. The maximum Gasteiger partial charge on any atom is 0.243 e. The molecule has 3 aromatic carbocycles. The van der Waals surface area contributed by atoms with E-state index in [0.29, 0.717) is 18.8 Å². The van der Waals surface area contributed by atoms with E-state index in [1.807, 2.05) is 56.1 Å². The second-order valence-corrected chi connectivity index (χ2v) is 8.99. The van der Waals surface area contributed by atoms with E-state index < -0.39 is 10.0 Å². The lowest BCUT2D eigenvalue weighted by molar-refractivity contribution is -0.114. The first kappa shape index (κ1) is 21.8. The molecule has 30 heavy (non-hydrogen) atoms. The summed E-state index contributed by atoms with van der Waals surface area (Å²) >= 11 is 0. The summed E-state index contributed by atoms with van der Waals surface area (Å²) in [5.41, 5.74) is 1.51. The number of rotatable bonds is 8. The third kappa shape index (κ3) is 4.80. The minimum Gasteiger partial charge on any atom is -0.365 e. The number of hydrogen-bond donors (Lipinski definition) is 1. The molecular weight excluding hydrogens is 398 g/mol. The number of benzene rings is 3. The van der Waals surface area contributed by atoms with E-state index in [4.69, 9.17) is 0 Å². The van der Waals surface area contributed by atoms with Crippen molar-refractivity contribution in [2.24, 2.45) is 0 Å². The molecule has 0 aliphatic rings. The van der Waals surface area contributed by atoms with Gasteiger partial charge in [-0.15, -0.1) is 0 Å². The largest absolute Gasteiger partial charge is 0.365 e. The molecule has 0 atom stereocenters. The van der Waals surface area contributed by atoms with Crippen LogP contribution in [-0.2, 0) is 14.8 Å². The first-order valence-corrected chi connectivity index (χ1v) is 11.4. The second kappa shape index (κ2) is 9.28. The number of amides is 1. The summed E-state index contributed by atoms with van der Waals surface area (Å²) in [7, 11) is -1.64. The summed E-state index contributed by atoms with van der Waals surface area (Å²) in [5, 5.41) is 5.10. The van der Waals surface area contributed by atoms with Crippen molar-refractivity contribution in [3.63, 3.8) is 0 Å². The van der Waals surface area contributed by atoms with Crippen LogP contribution in [0.2, 0.25) is 0 Å². The number of carbonyl (C=O) groups is 1. The predicted octanol–water partition coefficient (Wildman–Crippen LogP) is 3.95. The third-order valence-corrected chi connectivity index (χ3v) is 7.10. The number of sulfonamides is 1. The number of carbonyl (C=O) groups excluding carboxylic acids is 1. The topological polar surface area (TPSA) is 69.7 Å². The Balaban J connectivity index is 1.65. The number of likely N-dealkylation sites (N-methyl/N-ethyl adjacent to an activating group) is 1. The van der Waals surface area contributed by atoms with Crippen LogP contribution in [0.15, 0.2) is 71.6 Å². The zero-order chi connectivity index (χ0) is 21.7. The van der Waals surface area contributed by atoms with Crippen molar-refractivity contribution < 1.29 is 13.2 Å². The highest BCUT2D eigenvalue weighted by Gasteiger charge is 2.21. The molecule has 0 spiro atoms. The summed E-state index contributed by atoms with van der Waals surface area (Å²) in [6, 6.07) is 20.4. The lowest BCUT2D eigenvalue weighted by Gasteiger charge is -2.20. The van der Waals surface area contributed by atoms with Crippen molar-refractivity contribution in [2.45, 2.75) is 18.7 Å². The summed E-state index contributed by atoms with van der Waals surface area (Å²) in [6.07, 6.45) is 0. The highest BCUT2D eigenvalue weighted by atomic mass is 32.2. The average Bonchev–Trinajstić information content (AvgIpc) is 2.74. The zero-order valence-electron chi connectivity index (χ0n) is 17.5. The first-order valence-electron chi connectivity index (χ1n) is 9.95. The van der Waals surface area contributed by atoms with E-state index in [0.717, 1.165) is 16.5 Å². The maximum atomic E-state index is 12.6. The molecule has 0 radical (unpaired) electrons. The van der Waals surface area contributed by atoms with Gasteiger partial charge >= 0.3 is 0 Å². The molecule has 0 saturated carbocycles. The van der Waals surface area contributed by atoms with E-state index in [2.05, 4.69) is 17.4 Å². The van der Waals surface area contributed by atoms with E-state index in [9.17, 15) is 13.2 Å². The molecule has 0 aliphatic carbocycles.